The fourth-order valence-electron chi connectivity index (χ4n) is 2.32. The molecule has 7 nitrogen and oxygen atoms in total. The van der Waals surface area contributed by atoms with E-state index in [0.29, 0.717) is 43.0 Å². The van der Waals surface area contributed by atoms with Gasteiger partial charge in [0.2, 0.25) is 11.1 Å². The molecule has 146 valence electrons. The van der Waals surface area contributed by atoms with Crippen molar-refractivity contribution in [2.45, 2.75) is 5.16 Å². The number of hydrogen-bond donors (Lipinski definition) is 2. The quantitative estimate of drug-likeness (QED) is 0.421. The zero-order valence-corrected chi connectivity index (χ0v) is 17.5. The van der Waals surface area contributed by atoms with Crippen molar-refractivity contribution in [2.24, 2.45) is 0 Å². The molecule has 1 aromatic heterocycles. The van der Waals surface area contributed by atoms with Gasteiger partial charge in [-0.05, 0) is 36.4 Å². The van der Waals surface area contributed by atoms with Crippen LogP contribution in [0.1, 0.15) is 0 Å². The molecule has 3 aromatic rings. The average Bonchev–Trinajstić information content (AvgIpc) is 3.01. The van der Waals surface area contributed by atoms with Crippen LogP contribution in [0.5, 0.6) is 5.75 Å². The first-order valence-electron chi connectivity index (χ1n) is 7.81. The number of nitrogen functional groups attached to an aromatic ring is 1. The second kappa shape index (κ2) is 8.91. The second-order valence-corrected chi connectivity index (χ2v) is 7.70. The minimum Gasteiger partial charge on any atom is -0.495 e. The Kier molecular flexibility index (Phi) is 6.56. The maximum Gasteiger partial charge on any atom is 0.234 e. The molecular weight excluding hydrogens is 445 g/mol. The van der Waals surface area contributed by atoms with Crippen molar-refractivity contribution < 1.29 is 9.53 Å². The molecule has 0 saturated heterocycles. The molecule has 0 unspecified atom stereocenters. The Bertz CT molecular complexity index is 1030. The van der Waals surface area contributed by atoms with Crippen LogP contribution in [0.3, 0.4) is 0 Å². The van der Waals surface area contributed by atoms with Gasteiger partial charge in [-0.25, -0.2) is 4.68 Å². The SMILES string of the molecule is COc1ccc(Cl)cc1NC(=O)CSc1nnc(-c2ccc(Cl)cc2Cl)n1N. The Labute approximate surface area is 180 Å². The van der Waals surface area contributed by atoms with E-state index in [1.165, 1.54) is 11.8 Å². The lowest BCUT2D eigenvalue weighted by molar-refractivity contribution is -0.113. The number of benzene rings is 2. The van der Waals surface area contributed by atoms with Gasteiger partial charge in [0, 0.05) is 15.6 Å². The Hall–Kier alpha value is -2.13. The highest BCUT2D eigenvalue weighted by atomic mass is 35.5. The van der Waals surface area contributed by atoms with Crippen LogP contribution < -0.4 is 15.9 Å². The van der Waals surface area contributed by atoms with Gasteiger partial charge in [0.25, 0.3) is 0 Å². The van der Waals surface area contributed by atoms with Crippen LogP contribution in [0.25, 0.3) is 11.4 Å². The monoisotopic (exact) mass is 457 g/mol. The summed E-state index contributed by atoms with van der Waals surface area (Å²) in [6.07, 6.45) is 0. The molecule has 0 aliphatic heterocycles. The van der Waals surface area contributed by atoms with Gasteiger partial charge in [-0.2, -0.15) is 0 Å². The van der Waals surface area contributed by atoms with Gasteiger partial charge in [-0.1, -0.05) is 46.6 Å². The summed E-state index contributed by atoms with van der Waals surface area (Å²) in [5, 5.41) is 12.5. The lowest BCUT2D eigenvalue weighted by atomic mass is 10.2. The van der Waals surface area contributed by atoms with Gasteiger partial charge < -0.3 is 15.9 Å². The first-order valence-corrected chi connectivity index (χ1v) is 9.93. The molecule has 3 N–H and O–H groups in total. The first-order chi connectivity index (χ1) is 13.4. The van der Waals surface area contributed by atoms with E-state index < -0.39 is 0 Å². The average molecular weight is 459 g/mol. The summed E-state index contributed by atoms with van der Waals surface area (Å²) < 4.78 is 6.48. The Morgan fingerprint density at radius 3 is 2.61 bits per heavy atom. The fraction of sp³-hybridized carbons (Fsp3) is 0.118. The summed E-state index contributed by atoms with van der Waals surface area (Å²) >= 11 is 19.2. The van der Waals surface area contributed by atoms with Crippen molar-refractivity contribution in [3.05, 3.63) is 51.5 Å². The van der Waals surface area contributed by atoms with Crippen molar-refractivity contribution in [3.63, 3.8) is 0 Å². The van der Waals surface area contributed by atoms with E-state index in [4.69, 9.17) is 45.4 Å². The molecule has 0 aliphatic carbocycles. The molecule has 0 atom stereocenters. The van der Waals surface area contributed by atoms with Crippen LogP contribution >= 0.6 is 46.6 Å². The number of hydrogen-bond acceptors (Lipinski definition) is 6. The van der Waals surface area contributed by atoms with Crippen molar-refractivity contribution in [2.75, 3.05) is 24.0 Å². The zero-order chi connectivity index (χ0) is 20.3. The fourth-order valence-corrected chi connectivity index (χ4v) is 3.65. The summed E-state index contributed by atoms with van der Waals surface area (Å²) in [6.45, 7) is 0. The van der Waals surface area contributed by atoms with E-state index >= 15 is 0 Å². The van der Waals surface area contributed by atoms with Gasteiger partial charge in [0.15, 0.2) is 5.82 Å². The van der Waals surface area contributed by atoms with Crippen molar-refractivity contribution >= 4 is 58.2 Å². The number of nitrogens with two attached hydrogens (primary N) is 1. The third-order valence-electron chi connectivity index (χ3n) is 3.60. The summed E-state index contributed by atoms with van der Waals surface area (Å²) in [4.78, 5) is 12.3. The lowest BCUT2D eigenvalue weighted by Gasteiger charge is -2.10. The predicted octanol–water partition coefficient (Wildman–Crippen LogP) is 4.36. The van der Waals surface area contributed by atoms with Crippen molar-refractivity contribution in [1.29, 1.82) is 0 Å². The minimum atomic E-state index is -0.278. The van der Waals surface area contributed by atoms with Gasteiger partial charge in [-0.3, -0.25) is 4.79 Å². The second-order valence-electron chi connectivity index (χ2n) is 5.48. The van der Waals surface area contributed by atoms with Gasteiger partial charge in [-0.15, -0.1) is 10.2 Å². The summed E-state index contributed by atoms with van der Waals surface area (Å²) in [7, 11) is 1.51. The summed E-state index contributed by atoms with van der Waals surface area (Å²) in [5.74, 6) is 6.70. The number of anilines is 1. The number of carbonyl (C=O) groups excluding carboxylic acids is 1. The van der Waals surface area contributed by atoms with E-state index in [1.54, 1.807) is 36.4 Å². The van der Waals surface area contributed by atoms with E-state index in [9.17, 15) is 4.79 Å². The molecule has 28 heavy (non-hydrogen) atoms. The molecule has 3 rings (SSSR count). The molecule has 0 bridgehead atoms. The topological polar surface area (TPSA) is 95.1 Å². The van der Waals surface area contributed by atoms with Crippen LogP contribution in [0.4, 0.5) is 5.69 Å². The van der Waals surface area contributed by atoms with E-state index in [1.807, 2.05) is 0 Å². The smallest absolute Gasteiger partial charge is 0.234 e. The lowest BCUT2D eigenvalue weighted by Crippen LogP contribution is -2.17. The Morgan fingerprint density at radius 2 is 1.89 bits per heavy atom. The molecule has 0 fully saturated rings. The zero-order valence-electron chi connectivity index (χ0n) is 14.4. The maximum absolute atomic E-state index is 12.3. The molecule has 2 aromatic carbocycles. The van der Waals surface area contributed by atoms with Crippen LogP contribution in [-0.2, 0) is 4.79 Å². The number of nitrogens with zero attached hydrogens (tertiary/aromatic N) is 3. The van der Waals surface area contributed by atoms with Gasteiger partial charge in [0.1, 0.15) is 5.75 Å². The number of amides is 1. The summed E-state index contributed by atoms with van der Waals surface area (Å²) in [5.41, 5.74) is 1.06. The molecule has 0 spiro atoms. The third kappa shape index (κ3) is 4.64. The van der Waals surface area contributed by atoms with Crippen molar-refractivity contribution in [3.8, 4) is 17.1 Å². The van der Waals surface area contributed by atoms with Crippen molar-refractivity contribution in [1.82, 2.24) is 14.9 Å². The largest absolute Gasteiger partial charge is 0.495 e. The van der Waals surface area contributed by atoms with Gasteiger partial charge in [0.05, 0.1) is 23.6 Å². The number of aromatic nitrogens is 3. The maximum atomic E-state index is 12.3. The normalized spacial score (nSPS) is 10.7. The van der Waals surface area contributed by atoms with Crippen LogP contribution in [0.2, 0.25) is 15.1 Å². The number of thioether (sulfide) groups is 1. The number of nitrogens with one attached hydrogen (secondary N) is 1. The van der Waals surface area contributed by atoms with Crippen LogP contribution in [-0.4, -0.2) is 33.6 Å². The molecular formula is C17H14Cl3N5O2S. The molecule has 0 saturated carbocycles. The molecule has 1 heterocycles. The number of ether oxygens (including phenoxy) is 1. The minimum absolute atomic E-state index is 0.0549. The van der Waals surface area contributed by atoms with E-state index in [-0.39, 0.29) is 11.7 Å². The Morgan fingerprint density at radius 1 is 1.18 bits per heavy atom. The predicted molar refractivity (Wildman–Crippen MR) is 113 cm³/mol. The number of rotatable bonds is 6. The van der Waals surface area contributed by atoms with Gasteiger partial charge >= 0.3 is 0 Å². The van der Waals surface area contributed by atoms with E-state index in [2.05, 4.69) is 15.5 Å². The standard InChI is InChI=1S/C17H14Cl3N5O2S/c1-27-14-5-3-10(19)7-13(14)22-15(26)8-28-17-24-23-16(25(17)21)11-4-2-9(18)6-12(11)20/h2-7H,8,21H2,1H3,(H,22,26). The molecule has 11 heteroatoms. The first kappa shape index (κ1) is 20.6. The van der Waals surface area contributed by atoms with Crippen LogP contribution in [0.15, 0.2) is 41.6 Å². The number of carbonyl (C=O) groups is 1. The number of halogens is 3. The molecule has 0 radical (unpaired) electrons. The highest BCUT2D eigenvalue weighted by Crippen LogP contribution is 2.31. The highest BCUT2D eigenvalue weighted by Gasteiger charge is 2.17. The number of methoxy groups -OCH3 is 1. The summed E-state index contributed by atoms with van der Waals surface area (Å²) in [6, 6.07) is 9.91. The Balaban J connectivity index is 1.69. The van der Waals surface area contributed by atoms with Crippen LogP contribution in [0, 0.1) is 0 Å². The molecule has 0 aliphatic rings. The third-order valence-corrected chi connectivity index (χ3v) is 5.33. The highest BCUT2D eigenvalue weighted by molar-refractivity contribution is 7.99. The van der Waals surface area contributed by atoms with E-state index in [0.717, 1.165) is 11.8 Å². The molecule has 1 amide bonds.